The predicted octanol–water partition coefficient (Wildman–Crippen LogP) is 7.33. The lowest BCUT2D eigenvalue weighted by molar-refractivity contribution is -0.171. The molecule has 67 heavy (non-hydrogen) atoms. The molecule has 4 aromatic carbocycles. The number of unbranched alkanes of at least 4 members (excludes halogenated alkanes) is 2. The van der Waals surface area contributed by atoms with Crippen LogP contribution in [0.2, 0.25) is 0 Å². The van der Waals surface area contributed by atoms with Gasteiger partial charge >= 0.3 is 17.9 Å². The van der Waals surface area contributed by atoms with Crippen molar-refractivity contribution in [3.05, 3.63) is 149 Å². The van der Waals surface area contributed by atoms with E-state index in [9.17, 15) is 33.6 Å². The summed E-state index contributed by atoms with van der Waals surface area (Å²) in [7, 11) is 0. The van der Waals surface area contributed by atoms with Gasteiger partial charge in [0.2, 0.25) is 12.3 Å². The van der Waals surface area contributed by atoms with Gasteiger partial charge in [-0.2, -0.15) is 5.06 Å². The number of ether oxygens (including phenoxy) is 3. The number of carbonyl (C=O) groups excluding carboxylic acids is 7. The van der Waals surface area contributed by atoms with Gasteiger partial charge in [0.15, 0.2) is 5.76 Å². The number of esters is 2. The number of carbonyl (C=O) groups is 7. The highest BCUT2D eigenvalue weighted by molar-refractivity contribution is 6.00. The Morgan fingerprint density at radius 3 is 2.01 bits per heavy atom. The molecule has 0 aliphatic rings. The zero-order chi connectivity index (χ0) is 48.0. The number of amides is 4. The van der Waals surface area contributed by atoms with E-state index in [4.69, 9.17) is 23.5 Å². The summed E-state index contributed by atoms with van der Waals surface area (Å²) in [5.74, 6) is -4.57. The number of hydrogen-bond acceptors (Lipinski definition) is 12. The summed E-state index contributed by atoms with van der Waals surface area (Å²) in [6.45, 7) is 5.31. The maximum atomic E-state index is 13.8. The molecule has 352 valence electrons. The van der Waals surface area contributed by atoms with E-state index in [-0.39, 0.29) is 54.9 Å². The van der Waals surface area contributed by atoms with Crippen molar-refractivity contribution in [1.82, 2.24) is 21.0 Å². The van der Waals surface area contributed by atoms with Crippen molar-refractivity contribution in [1.29, 1.82) is 0 Å². The maximum Gasteiger partial charge on any atom is 0.363 e. The molecule has 5 aromatic rings. The molecule has 0 spiro atoms. The molecule has 3 atom stereocenters. The van der Waals surface area contributed by atoms with E-state index in [0.717, 1.165) is 23.5 Å². The summed E-state index contributed by atoms with van der Waals surface area (Å²) in [5.41, 5.74) is 2.20. The summed E-state index contributed by atoms with van der Waals surface area (Å²) in [5, 5.41) is 8.84. The highest BCUT2D eigenvalue weighted by atomic mass is 16.7. The first-order chi connectivity index (χ1) is 32.5. The molecule has 1 heterocycles. The van der Waals surface area contributed by atoms with Gasteiger partial charge in [-0.3, -0.25) is 24.0 Å². The molecule has 4 amide bonds. The summed E-state index contributed by atoms with van der Waals surface area (Å²) < 4.78 is 22.6. The molecule has 3 N–H and O–H groups in total. The molecule has 0 radical (unpaired) electrons. The normalized spacial score (nSPS) is 12.0. The number of hydroxylamine groups is 2. The van der Waals surface area contributed by atoms with Crippen molar-refractivity contribution < 1.29 is 57.0 Å². The van der Waals surface area contributed by atoms with E-state index in [1.54, 1.807) is 111 Å². The summed E-state index contributed by atoms with van der Waals surface area (Å²) in [6, 6.07) is 31.5. The first-order valence-corrected chi connectivity index (χ1v) is 22.2. The fourth-order valence-electron chi connectivity index (χ4n) is 7.05. The van der Waals surface area contributed by atoms with Crippen molar-refractivity contribution >= 4 is 42.0 Å². The number of rotatable bonds is 26. The van der Waals surface area contributed by atoms with Gasteiger partial charge in [-0.05, 0) is 67.3 Å². The smallest absolute Gasteiger partial charge is 0.363 e. The molecule has 1 aromatic heterocycles. The van der Waals surface area contributed by atoms with Crippen LogP contribution in [0.25, 0.3) is 11.3 Å². The molecular weight excluding hydrogens is 861 g/mol. The predicted molar refractivity (Wildman–Crippen MR) is 246 cm³/mol. The Hall–Kier alpha value is -7.75. The average Bonchev–Trinajstić information content (AvgIpc) is 3.86. The third-order valence-corrected chi connectivity index (χ3v) is 10.5. The molecule has 5 rings (SSSR count). The second-order valence-corrected chi connectivity index (χ2v) is 15.3. The monoisotopic (exact) mass is 916 g/mol. The van der Waals surface area contributed by atoms with Gasteiger partial charge in [-0.1, -0.05) is 118 Å². The molecule has 0 bridgehead atoms. The lowest BCUT2D eigenvalue weighted by Crippen LogP contribution is -2.49. The van der Waals surface area contributed by atoms with Gasteiger partial charge in [-0.25, -0.2) is 9.59 Å². The van der Waals surface area contributed by atoms with Gasteiger partial charge in [0.05, 0.1) is 42.8 Å². The molecule has 0 aliphatic carbocycles. The molecule has 0 aliphatic heterocycles. The topological polar surface area (TPSA) is 209 Å². The van der Waals surface area contributed by atoms with Gasteiger partial charge in [0, 0.05) is 5.56 Å². The highest BCUT2D eigenvalue weighted by Gasteiger charge is 2.34. The summed E-state index contributed by atoms with van der Waals surface area (Å²) in [4.78, 5) is 97.4. The number of furan rings is 1. The number of benzene rings is 4. The Balaban J connectivity index is 1.23. The minimum atomic E-state index is -1.40. The SMILES string of the molecule is CCCCC[C@@H](C(=O)NCNC(=O)c1ccc(-c2ccc(C(=O)N[C@@H](CC(=O)OCc3ccccc3)C(=O)OCc3ccccc3)c(OCC)c2)o1)[C@@H](CC)N(C=O)OC(=O)c1ccccc1. The maximum absolute atomic E-state index is 13.8. The quantitative estimate of drug-likeness (QED) is 0.0164. The van der Waals surface area contributed by atoms with E-state index in [0.29, 0.717) is 36.8 Å². The zero-order valence-electron chi connectivity index (χ0n) is 37.8. The van der Waals surface area contributed by atoms with Crippen LogP contribution in [0, 0.1) is 5.92 Å². The van der Waals surface area contributed by atoms with Crippen LogP contribution < -0.4 is 20.7 Å². The molecule has 0 saturated carbocycles. The number of nitrogens with one attached hydrogen (secondary N) is 3. The average molecular weight is 917 g/mol. The lowest BCUT2D eigenvalue weighted by Gasteiger charge is -2.31. The van der Waals surface area contributed by atoms with Crippen molar-refractivity contribution in [2.45, 2.75) is 84.6 Å². The first kappa shape index (κ1) is 50.3. The Morgan fingerprint density at radius 1 is 0.731 bits per heavy atom. The van der Waals surface area contributed by atoms with Crippen LogP contribution in [0.5, 0.6) is 5.75 Å². The largest absolute Gasteiger partial charge is 0.493 e. The van der Waals surface area contributed by atoms with Crippen LogP contribution in [0.15, 0.2) is 126 Å². The molecule has 16 nitrogen and oxygen atoms in total. The van der Waals surface area contributed by atoms with Crippen molar-refractivity contribution in [3.63, 3.8) is 0 Å². The number of nitrogens with zero attached hydrogens (tertiary/aromatic N) is 1. The second-order valence-electron chi connectivity index (χ2n) is 15.3. The standard InChI is InChI=1S/C51H56N4O12/c1-4-7-11-24-39(42(5-2)55(34-56)67-50(61)37-22-16-10-17-23-37)47(58)52-33-53-49(60)44-28-27-43(66-44)38-25-26-40(45(29-38)63-6-3)48(59)54-41(51(62)65-32-36-20-14-9-15-21-36)30-46(57)64-31-35-18-12-8-13-19-35/h8-10,12-23,25-29,34,39,41-42H,4-7,11,24,30-33H2,1-3H3,(H,52,58)(H,53,60)(H,54,59)/t39-,41+,42-/m1/s1. The zero-order valence-corrected chi connectivity index (χ0v) is 37.8. The summed E-state index contributed by atoms with van der Waals surface area (Å²) >= 11 is 0. The van der Waals surface area contributed by atoms with Crippen LogP contribution in [-0.4, -0.2) is 72.5 Å². The Labute approximate surface area is 389 Å². The highest BCUT2D eigenvalue weighted by Crippen LogP contribution is 2.30. The molecular formula is C51H56N4O12. The van der Waals surface area contributed by atoms with E-state index in [1.807, 2.05) is 19.1 Å². The van der Waals surface area contributed by atoms with Crippen molar-refractivity contribution in [2.75, 3.05) is 13.3 Å². The van der Waals surface area contributed by atoms with Crippen molar-refractivity contribution in [3.8, 4) is 17.1 Å². The van der Waals surface area contributed by atoms with Gasteiger partial charge in [-0.15, -0.1) is 0 Å². The van der Waals surface area contributed by atoms with Gasteiger partial charge < -0.3 is 39.4 Å². The van der Waals surface area contributed by atoms with Crippen LogP contribution in [0.1, 0.15) is 102 Å². The third kappa shape index (κ3) is 15.2. The fourth-order valence-corrected chi connectivity index (χ4v) is 7.05. The summed E-state index contributed by atoms with van der Waals surface area (Å²) in [6.07, 6.45) is 3.00. The van der Waals surface area contributed by atoms with Crippen molar-refractivity contribution in [2.24, 2.45) is 5.92 Å². The van der Waals surface area contributed by atoms with E-state index >= 15 is 0 Å². The lowest BCUT2D eigenvalue weighted by atomic mass is 9.90. The minimum absolute atomic E-state index is 0.0270. The molecule has 0 unspecified atom stereocenters. The fraction of sp³-hybridized carbons (Fsp3) is 0.314. The molecule has 0 saturated heterocycles. The number of hydrogen-bond donors (Lipinski definition) is 3. The van der Waals surface area contributed by atoms with Crippen LogP contribution >= 0.6 is 0 Å². The van der Waals surface area contributed by atoms with E-state index < -0.39 is 60.1 Å². The molecule has 0 fully saturated rings. The second kappa shape index (κ2) is 26.3. The van der Waals surface area contributed by atoms with Crippen LogP contribution in [0.3, 0.4) is 0 Å². The first-order valence-electron chi connectivity index (χ1n) is 22.2. The van der Waals surface area contributed by atoms with Gasteiger partial charge in [0.1, 0.15) is 30.8 Å². The Bertz CT molecular complexity index is 2410. The Kier molecular flexibility index (Phi) is 19.7. The van der Waals surface area contributed by atoms with E-state index in [2.05, 4.69) is 16.0 Å². The third-order valence-electron chi connectivity index (χ3n) is 10.5. The van der Waals surface area contributed by atoms with Crippen LogP contribution in [-0.2, 0) is 46.7 Å². The van der Waals surface area contributed by atoms with Gasteiger partial charge in [0.25, 0.3) is 11.8 Å². The minimum Gasteiger partial charge on any atom is -0.493 e. The van der Waals surface area contributed by atoms with E-state index in [1.165, 1.54) is 12.1 Å². The molecule has 16 heteroatoms. The van der Waals surface area contributed by atoms with Crippen LogP contribution in [0.4, 0.5) is 0 Å². The Morgan fingerprint density at radius 2 is 1.39 bits per heavy atom.